The van der Waals surface area contributed by atoms with Gasteiger partial charge in [-0.05, 0) is 54.3 Å². The standard InChI is InChI=1S/C22H27FN2O3S/c1-4-15-25(16-14-19-6-5-7-20(23)17-19)22(26)13-10-18-8-11-21(12-9-18)29(27,28)24(2)3/h5-13,17H,4,14-16H2,1-3H3/b13-10+. The summed E-state index contributed by atoms with van der Waals surface area (Å²) in [6.07, 6.45) is 4.55. The van der Waals surface area contributed by atoms with Crippen LogP contribution in [-0.2, 0) is 21.2 Å². The molecule has 0 aliphatic carbocycles. The van der Waals surface area contributed by atoms with Crippen LogP contribution in [0.2, 0.25) is 0 Å². The summed E-state index contributed by atoms with van der Waals surface area (Å²) in [5, 5.41) is 0. The predicted molar refractivity (Wildman–Crippen MR) is 113 cm³/mol. The third kappa shape index (κ3) is 6.51. The number of carbonyl (C=O) groups excluding carboxylic acids is 1. The molecule has 0 radical (unpaired) electrons. The molecule has 0 saturated heterocycles. The van der Waals surface area contributed by atoms with E-state index in [4.69, 9.17) is 0 Å². The molecule has 1 amide bonds. The fraction of sp³-hybridized carbons (Fsp3) is 0.318. The number of halogens is 1. The van der Waals surface area contributed by atoms with Crippen LogP contribution in [0.3, 0.4) is 0 Å². The van der Waals surface area contributed by atoms with Crippen molar-refractivity contribution in [3.05, 3.63) is 71.6 Å². The second-order valence-electron chi connectivity index (χ2n) is 6.90. The minimum absolute atomic E-state index is 0.131. The van der Waals surface area contributed by atoms with Crippen LogP contribution in [0, 0.1) is 5.82 Å². The molecule has 0 N–H and O–H groups in total. The summed E-state index contributed by atoms with van der Waals surface area (Å²) < 4.78 is 38.7. The molecule has 0 heterocycles. The SMILES string of the molecule is CCCN(CCc1cccc(F)c1)C(=O)/C=C/c1ccc(S(=O)(=O)N(C)C)cc1. The van der Waals surface area contributed by atoms with Gasteiger partial charge in [0.1, 0.15) is 5.82 Å². The van der Waals surface area contributed by atoms with Crippen molar-refractivity contribution in [2.24, 2.45) is 0 Å². The highest BCUT2D eigenvalue weighted by Gasteiger charge is 2.16. The zero-order valence-corrected chi connectivity index (χ0v) is 17.8. The van der Waals surface area contributed by atoms with Gasteiger partial charge in [-0.1, -0.05) is 31.2 Å². The third-order valence-corrected chi connectivity index (χ3v) is 6.27. The van der Waals surface area contributed by atoms with Crippen LogP contribution in [0.25, 0.3) is 6.08 Å². The number of carbonyl (C=O) groups is 1. The van der Waals surface area contributed by atoms with Crippen LogP contribution in [0.4, 0.5) is 4.39 Å². The number of rotatable bonds is 9. The highest BCUT2D eigenvalue weighted by molar-refractivity contribution is 7.89. The van der Waals surface area contributed by atoms with Crippen LogP contribution in [-0.4, -0.2) is 50.7 Å². The first-order valence-corrected chi connectivity index (χ1v) is 10.9. The van der Waals surface area contributed by atoms with E-state index in [0.29, 0.717) is 19.5 Å². The van der Waals surface area contributed by atoms with Crippen molar-refractivity contribution >= 4 is 22.0 Å². The Morgan fingerprint density at radius 3 is 2.34 bits per heavy atom. The monoisotopic (exact) mass is 418 g/mol. The lowest BCUT2D eigenvalue weighted by Crippen LogP contribution is -2.32. The first-order chi connectivity index (χ1) is 13.7. The highest BCUT2D eigenvalue weighted by Crippen LogP contribution is 2.15. The van der Waals surface area contributed by atoms with E-state index in [1.54, 1.807) is 29.2 Å². The van der Waals surface area contributed by atoms with Crippen LogP contribution >= 0.6 is 0 Å². The van der Waals surface area contributed by atoms with E-state index < -0.39 is 10.0 Å². The van der Waals surface area contributed by atoms with Gasteiger partial charge < -0.3 is 4.90 Å². The Morgan fingerprint density at radius 1 is 1.07 bits per heavy atom. The van der Waals surface area contributed by atoms with Crippen LogP contribution in [0.15, 0.2) is 59.5 Å². The van der Waals surface area contributed by atoms with Gasteiger partial charge in [0.05, 0.1) is 4.90 Å². The Balaban J connectivity index is 2.04. The summed E-state index contributed by atoms with van der Waals surface area (Å²) in [6, 6.07) is 12.8. The molecule has 0 fully saturated rings. The molecule has 2 aromatic carbocycles. The zero-order chi connectivity index (χ0) is 21.4. The third-order valence-electron chi connectivity index (χ3n) is 4.44. The maximum absolute atomic E-state index is 13.3. The summed E-state index contributed by atoms with van der Waals surface area (Å²) in [6.45, 7) is 3.11. The van der Waals surface area contributed by atoms with Crippen LogP contribution < -0.4 is 0 Å². The molecular weight excluding hydrogens is 391 g/mol. The van der Waals surface area contributed by atoms with Crippen molar-refractivity contribution in [3.63, 3.8) is 0 Å². The molecule has 7 heteroatoms. The first kappa shape index (κ1) is 22.8. The van der Waals surface area contributed by atoms with Gasteiger partial charge in [-0.15, -0.1) is 0 Å². The lowest BCUT2D eigenvalue weighted by molar-refractivity contribution is -0.126. The Labute approximate surface area is 172 Å². The minimum atomic E-state index is -3.48. The van der Waals surface area contributed by atoms with E-state index in [1.165, 1.54) is 44.4 Å². The van der Waals surface area contributed by atoms with E-state index >= 15 is 0 Å². The molecule has 0 bridgehead atoms. The Kier molecular flexibility index (Phi) is 8.10. The topological polar surface area (TPSA) is 57.7 Å². The number of sulfonamides is 1. The molecule has 0 aliphatic rings. The van der Waals surface area contributed by atoms with Crippen molar-refractivity contribution in [3.8, 4) is 0 Å². The maximum Gasteiger partial charge on any atom is 0.246 e. The zero-order valence-electron chi connectivity index (χ0n) is 17.0. The minimum Gasteiger partial charge on any atom is -0.339 e. The van der Waals surface area contributed by atoms with E-state index in [9.17, 15) is 17.6 Å². The maximum atomic E-state index is 13.3. The average Bonchev–Trinajstić information content (AvgIpc) is 2.69. The van der Waals surface area contributed by atoms with Gasteiger partial charge >= 0.3 is 0 Å². The molecule has 0 aromatic heterocycles. The van der Waals surface area contributed by atoms with E-state index in [0.717, 1.165) is 21.9 Å². The van der Waals surface area contributed by atoms with Gasteiger partial charge in [0, 0.05) is 33.3 Å². The quantitative estimate of drug-likeness (QED) is 0.585. The molecule has 5 nitrogen and oxygen atoms in total. The lowest BCUT2D eigenvalue weighted by Gasteiger charge is -2.20. The van der Waals surface area contributed by atoms with Gasteiger partial charge in [-0.2, -0.15) is 0 Å². The molecule has 0 unspecified atom stereocenters. The summed E-state index contributed by atoms with van der Waals surface area (Å²) >= 11 is 0. The van der Waals surface area contributed by atoms with Gasteiger partial charge in [-0.3, -0.25) is 4.79 Å². The normalized spacial score (nSPS) is 11.9. The summed E-state index contributed by atoms with van der Waals surface area (Å²) in [4.78, 5) is 14.5. The Morgan fingerprint density at radius 2 is 1.76 bits per heavy atom. The van der Waals surface area contributed by atoms with Crippen molar-refractivity contribution in [2.45, 2.75) is 24.7 Å². The van der Waals surface area contributed by atoms with Gasteiger partial charge in [-0.25, -0.2) is 17.1 Å². The second-order valence-corrected chi connectivity index (χ2v) is 9.05. The van der Waals surface area contributed by atoms with Crippen molar-refractivity contribution in [2.75, 3.05) is 27.2 Å². The molecular formula is C22H27FN2O3S. The van der Waals surface area contributed by atoms with Gasteiger partial charge in [0.15, 0.2) is 0 Å². The average molecular weight is 419 g/mol. The van der Waals surface area contributed by atoms with Crippen LogP contribution in [0.5, 0.6) is 0 Å². The molecule has 0 spiro atoms. The van der Waals surface area contributed by atoms with Gasteiger partial charge in [0.25, 0.3) is 0 Å². The van der Waals surface area contributed by atoms with Crippen molar-refractivity contribution in [1.29, 1.82) is 0 Å². The summed E-state index contributed by atoms with van der Waals surface area (Å²) in [5.41, 5.74) is 1.58. The summed E-state index contributed by atoms with van der Waals surface area (Å²) in [7, 11) is -0.515. The molecule has 0 saturated carbocycles. The molecule has 0 aliphatic heterocycles. The van der Waals surface area contributed by atoms with Gasteiger partial charge in [0.2, 0.25) is 15.9 Å². The molecule has 2 rings (SSSR count). The van der Waals surface area contributed by atoms with E-state index in [1.807, 2.05) is 13.0 Å². The number of hydrogen-bond acceptors (Lipinski definition) is 3. The second kappa shape index (κ2) is 10.3. The van der Waals surface area contributed by atoms with E-state index in [-0.39, 0.29) is 16.6 Å². The number of benzene rings is 2. The highest BCUT2D eigenvalue weighted by atomic mass is 32.2. The molecule has 156 valence electrons. The Hall–Kier alpha value is -2.51. The van der Waals surface area contributed by atoms with Crippen molar-refractivity contribution < 1.29 is 17.6 Å². The number of amides is 1. The Bertz CT molecular complexity index is 954. The van der Waals surface area contributed by atoms with Crippen LogP contribution in [0.1, 0.15) is 24.5 Å². The van der Waals surface area contributed by atoms with Crippen molar-refractivity contribution in [1.82, 2.24) is 9.21 Å². The first-order valence-electron chi connectivity index (χ1n) is 9.48. The number of hydrogen-bond donors (Lipinski definition) is 0. The fourth-order valence-corrected chi connectivity index (χ4v) is 3.69. The summed E-state index contributed by atoms with van der Waals surface area (Å²) in [5.74, 6) is -0.413. The number of nitrogens with zero attached hydrogens (tertiary/aromatic N) is 2. The molecule has 2 aromatic rings. The predicted octanol–water partition coefficient (Wildman–Crippen LogP) is 3.57. The lowest BCUT2D eigenvalue weighted by atomic mass is 10.1. The molecule has 0 atom stereocenters. The largest absolute Gasteiger partial charge is 0.339 e. The molecule has 29 heavy (non-hydrogen) atoms. The van der Waals surface area contributed by atoms with E-state index in [2.05, 4.69) is 0 Å². The smallest absolute Gasteiger partial charge is 0.246 e. The fourth-order valence-electron chi connectivity index (χ4n) is 2.79.